The molecule has 26 heavy (non-hydrogen) atoms. The maximum atomic E-state index is 6.16. The van der Waals surface area contributed by atoms with Crippen molar-refractivity contribution in [3.05, 3.63) is 21.9 Å². The molecule has 5 rings (SSSR count). The Morgan fingerprint density at radius 2 is 2.15 bits per heavy atom. The monoisotopic (exact) mass is 417 g/mol. The summed E-state index contributed by atoms with van der Waals surface area (Å²) in [4.78, 5) is 5.19. The molecular formula is C20H28BrN5. The van der Waals surface area contributed by atoms with Crippen molar-refractivity contribution in [3.63, 3.8) is 0 Å². The highest BCUT2D eigenvalue weighted by molar-refractivity contribution is 9.10. The van der Waals surface area contributed by atoms with Crippen LogP contribution in [0.1, 0.15) is 69.5 Å². The van der Waals surface area contributed by atoms with Crippen molar-refractivity contribution in [1.82, 2.24) is 14.6 Å². The number of aromatic nitrogens is 3. The Kier molecular flexibility index (Phi) is 4.05. The topological polar surface area (TPSA) is 68.2 Å². The third-order valence-corrected chi connectivity index (χ3v) is 7.77. The van der Waals surface area contributed by atoms with E-state index in [4.69, 9.17) is 10.7 Å². The summed E-state index contributed by atoms with van der Waals surface area (Å²) < 4.78 is 3.01. The molecule has 2 saturated carbocycles. The van der Waals surface area contributed by atoms with Gasteiger partial charge >= 0.3 is 0 Å². The van der Waals surface area contributed by atoms with Gasteiger partial charge in [0.15, 0.2) is 5.65 Å². The summed E-state index contributed by atoms with van der Waals surface area (Å²) in [5, 5.41) is 8.47. The molecule has 5 nitrogen and oxygen atoms in total. The van der Waals surface area contributed by atoms with Crippen molar-refractivity contribution >= 4 is 27.4 Å². The largest absolute Gasteiger partial charge is 0.367 e. The van der Waals surface area contributed by atoms with E-state index in [2.05, 4.69) is 33.3 Å². The first-order chi connectivity index (χ1) is 12.6. The zero-order chi connectivity index (χ0) is 17.9. The van der Waals surface area contributed by atoms with Gasteiger partial charge in [0.1, 0.15) is 5.82 Å². The highest BCUT2D eigenvalue weighted by Crippen LogP contribution is 2.55. The Hall–Kier alpha value is -1.14. The fraction of sp³-hybridized carbons (Fsp3) is 0.700. The molecule has 0 saturated heterocycles. The summed E-state index contributed by atoms with van der Waals surface area (Å²) in [7, 11) is 0. The zero-order valence-electron chi connectivity index (χ0n) is 15.5. The van der Waals surface area contributed by atoms with E-state index in [-0.39, 0.29) is 5.41 Å². The third kappa shape index (κ3) is 2.37. The smallest absolute Gasteiger partial charge is 0.171 e. The summed E-state index contributed by atoms with van der Waals surface area (Å²) in [5.41, 5.74) is 10.2. The molecule has 1 spiro atoms. The molecule has 2 fully saturated rings. The van der Waals surface area contributed by atoms with Crippen molar-refractivity contribution in [3.8, 4) is 0 Å². The molecule has 2 aromatic heterocycles. The van der Waals surface area contributed by atoms with E-state index in [9.17, 15) is 0 Å². The second kappa shape index (κ2) is 6.20. The van der Waals surface area contributed by atoms with Crippen LogP contribution < -0.4 is 11.1 Å². The standard InChI is InChI=1S/C20H28BrN5/c1-2-12-9-15-17(20(12)7-3-4-8-20)25-19-16(21)11-23-26(19)18(15)24-14-6-5-13(22)10-14/h11-14,24H,2-10,22H2,1H3/t12?,13-,14-/m0/s1. The third-order valence-electron chi connectivity index (χ3n) is 7.21. The van der Waals surface area contributed by atoms with Gasteiger partial charge in [-0.1, -0.05) is 26.2 Å². The van der Waals surface area contributed by atoms with Crippen molar-refractivity contribution in [2.24, 2.45) is 11.7 Å². The average Bonchev–Trinajstić information content (AvgIpc) is 3.39. The lowest BCUT2D eigenvalue weighted by atomic mass is 9.74. The zero-order valence-corrected chi connectivity index (χ0v) is 17.1. The molecule has 1 unspecified atom stereocenters. The van der Waals surface area contributed by atoms with Crippen LogP contribution in [0.5, 0.6) is 0 Å². The van der Waals surface area contributed by atoms with Gasteiger partial charge in [-0.05, 0) is 60.4 Å². The van der Waals surface area contributed by atoms with Gasteiger partial charge in [0.2, 0.25) is 0 Å². The van der Waals surface area contributed by atoms with E-state index in [1.165, 1.54) is 49.2 Å². The first-order valence-electron chi connectivity index (χ1n) is 10.2. The number of hydrogen-bond acceptors (Lipinski definition) is 4. The molecule has 0 aromatic carbocycles. The van der Waals surface area contributed by atoms with Crippen LogP contribution in [0.3, 0.4) is 0 Å². The Morgan fingerprint density at radius 1 is 1.35 bits per heavy atom. The Labute approximate surface area is 163 Å². The van der Waals surface area contributed by atoms with E-state index in [0.29, 0.717) is 18.0 Å². The highest BCUT2D eigenvalue weighted by Gasteiger charge is 2.50. The molecule has 3 aliphatic carbocycles. The van der Waals surface area contributed by atoms with E-state index in [1.54, 1.807) is 0 Å². The molecule has 0 aliphatic heterocycles. The molecule has 0 amide bonds. The highest BCUT2D eigenvalue weighted by atomic mass is 79.9. The first kappa shape index (κ1) is 17.0. The van der Waals surface area contributed by atoms with E-state index in [0.717, 1.165) is 35.8 Å². The normalized spacial score (nSPS) is 29.7. The summed E-state index contributed by atoms with van der Waals surface area (Å²) in [6.45, 7) is 2.35. The van der Waals surface area contributed by atoms with Crippen molar-refractivity contribution in [2.75, 3.05) is 5.32 Å². The van der Waals surface area contributed by atoms with Crippen LogP contribution in [0.4, 0.5) is 5.82 Å². The molecule has 2 heterocycles. The number of fused-ring (bicyclic) bond motifs is 3. The van der Waals surface area contributed by atoms with Gasteiger partial charge in [-0.3, -0.25) is 0 Å². The van der Waals surface area contributed by atoms with Crippen molar-refractivity contribution in [1.29, 1.82) is 0 Å². The Morgan fingerprint density at radius 3 is 2.85 bits per heavy atom. The predicted molar refractivity (Wildman–Crippen MR) is 108 cm³/mol. The summed E-state index contributed by atoms with van der Waals surface area (Å²) in [6, 6.07) is 0.773. The number of nitrogens with one attached hydrogen (secondary N) is 1. The predicted octanol–water partition coefficient (Wildman–Crippen LogP) is 4.18. The summed E-state index contributed by atoms with van der Waals surface area (Å²) >= 11 is 3.67. The molecule has 3 atom stereocenters. The molecule has 6 heteroatoms. The number of halogens is 1. The number of hydrogen-bond donors (Lipinski definition) is 2. The molecule has 140 valence electrons. The molecule has 3 aliphatic rings. The van der Waals surface area contributed by atoms with E-state index in [1.807, 2.05) is 10.7 Å². The first-order valence-corrected chi connectivity index (χ1v) is 11.0. The van der Waals surface area contributed by atoms with Crippen LogP contribution in [0.25, 0.3) is 5.65 Å². The fourth-order valence-electron chi connectivity index (χ4n) is 5.92. The van der Waals surface area contributed by atoms with Crippen LogP contribution in [-0.4, -0.2) is 26.7 Å². The minimum atomic E-state index is 0.290. The van der Waals surface area contributed by atoms with Crippen molar-refractivity contribution < 1.29 is 0 Å². The van der Waals surface area contributed by atoms with Crippen LogP contribution >= 0.6 is 15.9 Å². The Balaban J connectivity index is 1.67. The van der Waals surface area contributed by atoms with Gasteiger partial charge in [-0.2, -0.15) is 9.61 Å². The van der Waals surface area contributed by atoms with Crippen LogP contribution in [0, 0.1) is 5.92 Å². The Bertz CT molecular complexity index is 838. The summed E-state index contributed by atoms with van der Waals surface area (Å²) in [6.07, 6.45) is 12.8. The molecule has 2 aromatic rings. The molecular weight excluding hydrogens is 390 g/mol. The van der Waals surface area contributed by atoms with Gasteiger partial charge < -0.3 is 11.1 Å². The lowest BCUT2D eigenvalue weighted by molar-refractivity contribution is 0.286. The lowest BCUT2D eigenvalue weighted by Crippen LogP contribution is -2.29. The van der Waals surface area contributed by atoms with Crippen LogP contribution in [-0.2, 0) is 11.8 Å². The fourth-order valence-corrected chi connectivity index (χ4v) is 6.26. The van der Waals surface area contributed by atoms with Gasteiger partial charge in [0.25, 0.3) is 0 Å². The molecule has 0 bridgehead atoms. The maximum Gasteiger partial charge on any atom is 0.171 e. The number of rotatable bonds is 3. The average molecular weight is 418 g/mol. The van der Waals surface area contributed by atoms with Gasteiger partial charge in [-0.15, -0.1) is 0 Å². The quantitative estimate of drug-likeness (QED) is 0.785. The maximum absolute atomic E-state index is 6.16. The van der Waals surface area contributed by atoms with Gasteiger partial charge in [0, 0.05) is 23.1 Å². The van der Waals surface area contributed by atoms with E-state index >= 15 is 0 Å². The van der Waals surface area contributed by atoms with Crippen molar-refractivity contribution in [2.45, 2.75) is 82.2 Å². The SMILES string of the molecule is CCC1Cc2c(nc3c(Br)cnn3c2N[C@H]2CC[C@H](N)C2)C12CCCC2. The number of anilines is 1. The number of nitrogens with two attached hydrogens (primary N) is 1. The molecule has 0 radical (unpaired) electrons. The number of nitrogens with zero attached hydrogens (tertiary/aromatic N) is 3. The second-order valence-corrected chi connectivity index (χ2v) is 9.46. The van der Waals surface area contributed by atoms with Gasteiger partial charge in [0.05, 0.1) is 16.4 Å². The van der Waals surface area contributed by atoms with Gasteiger partial charge in [-0.25, -0.2) is 4.98 Å². The van der Waals surface area contributed by atoms with E-state index < -0.39 is 0 Å². The minimum Gasteiger partial charge on any atom is -0.367 e. The van der Waals surface area contributed by atoms with Crippen LogP contribution in [0.15, 0.2) is 10.7 Å². The lowest BCUT2D eigenvalue weighted by Gasteiger charge is -2.30. The minimum absolute atomic E-state index is 0.290. The second-order valence-electron chi connectivity index (χ2n) is 8.60. The summed E-state index contributed by atoms with van der Waals surface area (Å²) in [5.74, 6) is 1.89. The van der Waals surface area contributed by atoms with Crippen LogP contribution in [0.2, 0.25) is 0 Å². The molecule has 3 N–H and O–H groups in total.